The first-order valence-electron chi connectivity index (χ1n) is 13.8. The summed E-state index contributed by atoms with van der Waals surface area (Å²) in [7, 11) is 0. The van der Waals surface area contributed by atoms with E-state index in [9.17, 15) is 19.2 Å². The third-order valence-electron chi connectivity index (χ3n) is 5.67. The molecule has 2 heterocycles. The average Bonchev–Trinajstić information content (AvgIpc) is 3.26. The van der Waals surface area contributed by atoms with Crippen LogP contribution in [0.15, 0.2) is 30.9 Å². The molecule has 4 amide bonds. The van der Waals surface area contributed by atoms with Crippen LogP contribution in [0.3, 0.4) is 0 Å². The Bertz CT molecular complexity index is 1010. The minimum atomic E-state index is -1.03. The normalized spacial score (nSPS) is 15.6. The number of rotatable bonds is 19. The van der Waals surface area contributed by atoms with Crippen molar-refractivity contribution in [3.8, 4) is 5.75 Å². The number of hydrogen-bond acceptors (Lipinski definition) is 13. The smallest absolute Gasteiger partial charge is 0.266 e. The molecular weight excluding hydrogens is 602 g/mol. The van der Waals surface area contributed by atoms with Crippen molar-refractivity contribution in [2.24, 2.45) is 5.73 Å². The minimum absolute atomic E-state index is 0.0582. The second-order valence-electron chi connectivity index (χ2n) is 8.73. The molecule has 3 N–H and O–H groups in total. The van der Waals surface area contributed by atoms with Crippen LogP contribution in [0.4, 0.5) is 0 Å². The van der Waals surface area contributed by atoms with Crippen molar-refractivity contribution in [2.75, 3.05) is 79.2 Å². The van der Waals surface area contributed by atoms with Crippen LogP contribution in [0.1, 0.15) is 40.5 Å². The van der Waals surface area contributed by atoms with E-state index in [-0.39, 0.29) is 42.9 Å². The van der Waals surface area contributed by atoms with Gasteiger partial charge in [-0.05, 0) is 25.5 Å². The van der Waals surface area contributed by atoms with Gasteiger partial charge < -0.3 is 34.2 Å². The van der Waals surface area contributed by atoms with Crippen LogP contribution in [-0.2, 0) is 33.3 Å². The molecule has 1 aromatic carbocycles. The van der Waals surface area contributed by atoms with E-state index in [4.69, 9.17) is 34.2 Å². The highest BCUT2D eigenvalue weighted by Gasteiger charge is 2.45. The van der Waals surface area contributed by atoms with E-state index in [0.717, 1.165) is 4.90 Å². The van der Waals surface area contributed by atoms with Crippen molar-refractivity contribution in [3.63, 3.8) is 0 Å². The van der Waals surface area contributed by atoms with E-state index in [1.54, 1.807) is 18.2 Å². The summed E-state index contributed by atoms with van der Waals surface area (Å²) >= 11 is 6.44. The lowest BCUT2D eigenvalue weighted by Gasteiger charge is -2.27. The minimum Gasteiger partial charge on any atom is -0.490 e. The first-order valence-corrected chi connectivity index (χ1v) is 15.4. The third kappa shape index (κ3) is 13.8. The lowest BCUT2D eigenvalue weighted by atomic mass is 10.0. The Morgan fingerprint density at radius 2 is 1.35 bits per heavy atom. The number of amides is 4. The van der Waals surface area contributed by atoms with Crippen LogP contribution in [0.5, 0.6) is 5.75 Å². The van der Waals surface area contributed by atoms with E-state index < -0.39 is 29.7 Å². The quantitative estimate of drug-likeness (QED) is 0.0566. The lowest BCUT2D eigenvalue weighted by molar-refractivity contribution is -0.136. The fourth-order valence-corrected chi connectivity index (χ4v) is 3.88. The van der Waals surface area contributed by atoms with Crippen molar-refractivity contribution < 1.29 is 47.6 Å². The van der Waals surface area contributed by atoms with Gasteiger partial charge in [0.2, 0.25) is 11.8 Å². The number of carbonyl (C=O) groups is 4. The molecule has 1 saturated heterocycles. The maximum absolute atomic E-state index is 13.0. The summed E-state index contributed by atoms with van der Waals surface area (Å²) in [6.45, 7) is 10.2. The Kier molecular flexibility index (Phi) is 21.4. The molecule has 2 aliphatic rings. The summed E-state index contributed by atoms with van der Waals surface area (Å²) < 4.78 is 32.6. The SMILES string of the molecule is C=CC.NCCOCCOCCOCCOCCOCCOc1cccc2c1C(=O)N(C1CCC(=O)NC1=O)C2=O.SS. The highest BCUT2D eigenvalue weighted by Crippen LogP contribution is 2.33. The molecule has 0 saturated carbocycles. The zero-order valence-electron chi connectivity index (χ0n) is 24.5. The molecule has 1 unspecified atom stereocenters. The van der Waals surface area contributed by atoms with Gasteiger partial charge >= 0.3 is 0 Å². The Hall–Kier alpha value is -2.50. The fourth-order valence-electron chi connectivity index (χ4n) is 3.88. The van der Waals surface area contributed by atoms with Gasteiger partial charge in [0.25, 0.3) is 11.8 Å². The number of thiol groups is 2. The molecule has 1 fully saturated rings. The van der Waals surface area contributed by atoms with E-state index in [0.29, 0.717) is 66.0 Å². The predicted molar refractivity (Wildman–Crippen MR) is 166 cm³/mol. The summed E-state index contributed by atoms with van der Waals surface area (Å²) in [5.41, 5.74) is 5.59. The monoisotopic (exact) mass is 645 g/mol. The van der Waals surface area contributed by atoms with Crippen molar-refractivity contribution in [3.05, 3.63) is 42.0 Å². The Morgan fingerprint density at radius 1 is 0.860 bits per heavy atom. The van der Waals surface area contributed by atoms with Crippen molar-refractivity contribution in [1.82, 2.24) is 10.2 Å². The number of piperidine rings is 1. The highest BCUT2D eigenvalue weighted by molar-refractivity contribution is 8.59. The van der Waals surface area contributed by atoms with Gasteiger partial charge in [0.1, 0.15) is 18.4 Å². The van der Waals surface area contributed by atoms with E-state index >= 15 is 0 Å². The molecule has 0 bridgehead atoms. The number of imide groups is 2. The maximum atomic E-state index is 13.0. The summed E-state index contributed by atoms with van der Waals surface area (Å²) in [4.78, 5) is 50.4. The molecule has 1 atom stereocenters. The fraction of sp³-hybridized carbons (Fsp3) is 0.571. The molecule has 13 nitrogen and oxygen atoms in total. The molecule has 43 heavy (non-hydrogen) atoms. The van der Waals surface area contributed by atoms with Crippen molar-refractivity contribution in [1.29, 1.82) is 0 Å². The zero-order valence-corrected chi connectivity index (χ0v) is 26.3. The standard InChI is InChI=1S/C25H35N3O10.C3H6.H2S2/c26-6-7-33-8-9-34-10-11-35-12-13-36-14-15-37-16-17-38-20-3-1-2-18-22(20)25(32)28(24(18)31)19-4-5-21(29)27-23(19)30;1-3-2;1-2/h1-3,19H,4-17,26H2,(H,27,29,30);3H,1H2,2H3;1-2H. The molecular formula is C28H43N3O10S2. The van der Waals surface area contributed by atoms with Crippen LogP contribution in [0, 0.1) is 0 Å². The van der Waals surface area contributed by atoms with Crippen LogP contribution in [-0.4, -0.2) is 114 Å². The molecule has 1 aromatic rings. The van der Waals surface area contributed by atoms with Crippen LogP contribution >= 0.6 is 23.3 Å². The molecule has 3 rings (SSSR count). The van der Waals surface area contributed by atoms with E-state index in [1.807, 2.05) is 6.92 Å². The zero-order chi connectivity index (χ0) is 31.9. The number of ether oxygens (including phenoxy) is 6. The molecule has 242 valence electrons. The maximum Gasteiger partial charge on any atom is 0.266 e. The van der Waals surface area contributed by atoms with Gasteiger partial charge in [0.05, 0.1) is 77.2 Å². The lowest BCUT2D eigenvalue weighted by Crippen LogP contribution is -2.54. The number of benzene rings is 1. The molecule has 15 heteroatoms. The number of fused-ring (bicyclic) bond motifs is 1. The topological polar surface area (TPSA) is 165 Å². The average molecular weight is 646 g/mol. The van der Waals surface area contributed by atoms with Gasteiger partial charge in [-0.25, -0.2) is 0 Å². The van der Waals surface area contributed by atoms with Gasteiger partial charge in [0.15, 0.2) is 0 Å². The second-order valence-corrected chi connectivity index (χ2v) is 8.73. The molecule has 2 aliphatic heterocycles. The molecule has 0 aromatic heterocycles. The summed E-state index contributed by atoms with van der Waals surface area (Å²) in [6, 6.07) is 3.68. The molecule has 0 spiro atoms. The number of nitrogens with zero attached hydrogens (tertiary/aromatic N) is 1. The van der Waals surface area contributed by atoms with Crippen LogP contribution in [0.2, 0.25) is 0 Å². The first kappa shape index (κ1) is 38.5. The van der Waals surface area contributed by atoms with Gasteiger partial charge in [0, 0.05) is 13.0 Å². The Labute approximate surface area is 262 Å². The van der Waals surface area contributed by atoms with E-state index in [1.165, 1.54) is 6.07 Å². The number of nitrogens with one attached hydrogen (secondary N) is 1. The van der Waals surface area contributed by atoms with Crippen molar-refractivity contribution in [2.45, 2.75) is 25.8 Å². The number of carbonyl (C=O) groups excluding carboxylic acids is 4. The van der Waals surface area contributed by atoms with E-state index in [2.05, 4.69) is 35.2 Å². The Morgan fingerprint density at radius 3 is 1.84 bits per heavy atom. The number of nitrogens with two attached hydrogens (primary N) is 1. The number of allylic oxidation sites excluding steroid dienone is 1. The summed E-state index contributed by atoms with van der Waals surface area (Å²) in [6.07, 6.45) is 1.90. The van der Waals surface area contributed by atoms with Gasteiger partial charge in [-0.1, -0.05) is 12.1 Å². The predicted octanol–water partition coefficient (Wildman–Crippen LogP) is 1.46. The number of hydrogen-bond donors (Lipinski definition) is 4. The van der Waals surface area contributed by atoms with Gasteiger partial charge in [-0.2, -0.15) is 0 Å². The third-order valence-corrected chi connectivity index (χ3v) is 5.67. The van der Waals surface area contributed by atoms with Gasteiger partial charge in [-0.3, -0.25) is 29.4 Å². The summed E-state index contributed by atoms with van der Waals surface area (Å²) in [5.74, 6) is -2.04. The van der Waals surface area contributed by atoms with Crippen molar-refractivity contribution >= 4 is 47.0 Å². The molecule has 0 aliphatic carbocycles. The largest absolute Gasteiger partial charge is 0.490 e. The first-order chi connectivity index (χ1) is 21.0. The molecule has 0 radical (unpaired) electrons. The highest BCUT2D eigenvalue weighted by atomic mass is 33.1. The Balaban J connectivity index is 0.00000174. The van der Waals surface area contributed by atoms with Gasteiger partial charge in [-0.15, -0.1) is 29.9 Å². The van der Waals surface area contributed by atoms with Crippen LogP contribution in [0.25, 0.3) is 0 Å². The van der Waals surface area contributed by atoms with Crippen LogP contribution < -0.4 is 15.8 Å². The second kappa shape index (κ2) is 23.9. The summed E-state index contributed by atoms with van der Waals surface area (Å²) in [5, 5.41) is 2.17.